The number of benzene rings is 17. The number of aromatic nitrogens is 1. The van der Waals surface area contributed by atoms with Gasteiger partial charge < -0.3 is 14.4 Å². The van der Waals surface area contributed by atoms with E-state index in [1.165, 1.54) is 183 Å². The molecule has 0 saturated heterocycles. The van der Waals surface area contributed by atoms with Crippen molar-refractivity contribution in [1.29, 1.82) is 0 Å². The van der Waals surface area contributed by atoms with Gasteiger partial charge in [-0.15, -0.1) is 0 Å². The van der Waals surface area contributed by atoms with E-state index in [1.807, 2.05) is 0 Å². The summed E-state index contributed by atoms with van der Waals surface area (Å²) in [5.74, 6) is 0. The molecular formula is C105H62BN3. The maximum absolute atomic E-state index is 2.81. The summed E-state index contributed by atoms with van der Waals surface area (Å²) < 4.78 is 2.58. The minimum atomic E-state index is -0.699. The Morgan fingerprint density at radius 1 is 0.220 bits per heavy atom. The third-order valence-corrected chi connectivity index (χ3v) is 26.6. The highest BCUT2D eigenvalue weighted by Crippen LogP contribution is 2.70. The van der Waals surface area contributed by atoms with Crippen LogP contribution in [0.3, 0.4) is 0 Å². The smallest absolute Gasteiger partial charge is 0.252 e. The summed E-state index contributed by atoms with van der Waals surface area (Å²) in [6.45, 7) is -0.288. The zero-order chi connectivity index (χ0) is 70.7. The van der Waals surface area contributed by atoms with Crippen molar-refractivity contribution in [2.24, 2.45) is 0 Å². The van der Waals surface area contributed by atoms with Crippen LogP contribution in [-0.2, 0) is 16.2 Å². The number of para-hydroxylation sites is 2. The molecular weight excluding hydrogens is 1310 g/mol. The predicted molar refractivity (Wildman–Crippen MR) is 449 cm³/mol. The standard InChI is InChI=1S/C105H62BN3/c1-2-27-63(28-3-1)64-53-55-65(56-54-64)108-97-59-66(107-93-50-24-13-37-75(93)76-38-14-25-51-94(76)107)60-98-101(97)106(91-58-57-89-99(102(91)108)78-39-12-23-49-88(78)103(89)80-41-15-4-29-67(80)68-30-5-16-42-81(68)103)92-61-79-74-36-11-19-45-84(74)104(82-43-17-6-31-69(82)70-32-7-18-44-83(70)104)90(79)62-96(92)109(98)95-52-26-40-77-73-35-10-22-48-87(73)105(100(77)95)85-46-20-8-33-71(85)72-34-9-21-47-86(72)105/h1-62H. The molecule has 109 heavy (non-hydrogen) atoms. The molecule has 18 aromatic rings. The summed E-state index contributed by atoms with van der Waals surface area (Å²) in [4.78, 5) is 5.55. The number of fused-ring (bicyclic) bond motifs is 38. The number of nitrogens with zero attached hydrogens (tertiary/aromatic N) is 3. The topological polar surface area (TPSA) is 11.4 Å². The molecule has 17 aromatic carbocycles. The van der Waals surface area contributed by atoms with Gasteiger partial charge in [-0.2, -0.15) is 0 Å². The van der Waals surface area contributed by atoms with Gasteiger partial charge >= 0.3 is 0 Å². The Hall–Kier alpha value is -13.8. The highest BCUT2D eigenvalue weighted by atomic mass is 15.2. The van der Waals surface area contributed by atoms with Crippen molar-refractivity contribution < 1.29 is 0 Å². The third-order valence-electron chi connectivity index (χ3n) is 26.6. The largest absolute Gasteiger partial charge is 0.311 e. The zero-order valence-corrected chi connectivity index (χ0v) is 59.2. The lowest BCUT2D eigenvalue weighted by Gasteiger charge is -2.46. The third kappa shape index (κ3) is 6.92. The highest BCUT2D eigenvalue weighted by Gasteiger charge is 2.59. The lowest BCUT2D eigenvalue weighted by atomic mass is 9.33. The zero-order valence-electron chi connectivity index (χ0n) is 59.2. The molecule has 4 heteroatoms. The summed E-state index contributed by atoms with van der Waals surface area (Å²) >= 11 is 0. The van der Waals surface area contributed by atoms with E-state index < -0.39 is 16.2 Å². The van der Waals surface area contributed by atoms with E-state index in [9.17, 15) is 0 Å². The fraction of sp³-hybridized carbons (Fsp3) is 0.0286. The molecule has 3 nitrogen and oxygen atoms in total. The van der Waals surface area contributed by atoms with E-state index in [0.717, 1.165) is 39.5 Å². The van der Waals surface area contributed by atoms with Gasteiger partial charge in [0.05, 0.1) is 38.7 Å². The molecule has 1 aromatic heterocycles. The second kappa shape index (κ2) is 20.8. The quantitative estimate of drug-likeness (QED) is 0.163. The Morgan fingerprint density at radius 2 is 0.615 bits per heavy atom. The molecule has 0 radical (unpaired) electrons. The van der Waals surface area contributed by atoms with Crippen LogP contribution in [0.5, 0.6) is 0 Å². The van der Waals surface area contributed by atoms with Crippen LogP contribution in [0, 0.1) is 0 Å². The lowest BCUT2D eigenvalue weighted by Crippen LogP contribution is -2.61. The number of hydrogen-bond donors (Lipinski definition) is 0. The summed E-state index contributed by atoms with van der Waals surface area (Å²) in [5.41, 5.74) is 45.7. The second-order valence-electron chi connectivity index (χ2n) is 31.0. The van der Waals surface area contributed by atoms with Crippen LogP contribution in [0.15, 0.2) is 376 Å². The maximum atomic E-state index is 2.81. The first kappa shape index (κ1) is 58.5. The van der Waals surface area contributed by atoms with Crippen molar-refractivity contribution in [1.82, 2.24) is 4.57 Å². The fourth-order valence-corrected chi connectivity index (χ4v) is 22.8. The monoisotopic (exact) mass is 1380 g/mol. The molecule has 0 fully saturated rings. The summed E-state index contributed by atoms with van der Waals surface area (Å²) in [6, 6.07) is 146. The molecule has 26 rings (SSSR count). The van der Waals surface area contributed by atoms with Crippen LogP contribution in [0.2, 0.25) is 0 Å². The van der Waals surface area contributed by atoms with Crippen molar-refractivity contribution in [2.75, 3.05) is 9.80 Å². The van der Waals surface area contributed by atoms with Gasteiger partial charge in [0.1, 0.15) is 0 Å². The van der Waals surface area contributed by atoms with Crippen molar-refractivity contribution in [2.45, 2.75) is 16.2 Å². The molecule has 0 unspecified atom stereocenters. The number of rotatable bonds is 4. The second-order valence-corrected chi connectivity index (χ2v) is 31.0. The van der Waals surface area contributed by atoms with Crippen LogP contribution in [-0.4, -0.2) is 11.3 Å². The minimum Gasteiger partial charge on any atom is -0.311 e. The summed E-state index contributed by atoms with van der Waals surface area (Å²) in [5, 5.41) is 2.44. The van der Waals surface area contributed by atoms with E-state index in [1.54, 1.807) is 0 Å². The Balaban J connectivity index is 0.861. The van der Waals surface area contributed by atoms with Crippen LogP contribution < -0.4 is 26.2 Å². The molecule has 0 atom stereocenters. The summed E-state index contributed by atoms with van der Waals surface area (Å²) in [6.07, 6.45) is 0. The van der Waals surface area contributed by atoms with Gasteiger partial charge in [-0.05, 0) is 198 Å². The van der Waals surface area contributed by atoms with E-state index in [-0.39, 0.29) is 6.71 Å². The van der Waals surface area contributed by atoms with E-state index >= 15 is 0 Å². The molecule has 3 heterocycles. The fourth-order valence-electron chi connectivity index (χ4n) is 22.8. The molecule has 0 amide bonds. The summed E-state index contributed by atoms with van der Waals surface area (Å²) in [7, 11) is 0. The number of anilines is 6. The number of hydrogen-bond acceptors (Lipinski definition) is 2. The first-order valence-corrected chi connectivity index (χ1v) is 38.4. The predicted octanol–water partition coefficient (Wildman–Crippen LogP) is 23.6. The van der Waals surface area contributed by atoms with Crippen LogP contribution in [0.4, 0.5) is 34.1 Å². The maximum Gasteiger partial charge on any atom is 0.252 e. The molecule has 0 N–H and O–H groups in total. The van der Waals surface area contributed by atoms with Gasteiger partial charge in [-0.25, -0.2) is 0 Å². The Morgan fingerprint density at radius 3 is 1.13 bits per heavy atom. The van der Waals surface area contributed by atoms with Gasteiger partial charge in [0.25, 0.3) is 6.71 Å². The Kier molecular flexibility index (Phi) is 11.2. The first-order valence-electron chi connectivity index (χ1n) is 38.4. The molecule has 6 aliphatic carbocycles. The van der Waals surface area contributed by atoms with Gasteiger partial charge in [-0.1, -0.05) is 328 Å². The molecule has 500 valence electrons. The molecule has 0 saturated carbocycles. The SMILES string of the molecule is c1ccc(-c2ccc(N3c4cc(-n5c6ccccc6c6ccccc65)cc5c4B(c4cc6c(cc4N5c4cccc5c4C4(c7ccccc7-c7ccccc74)c4ccccc4-5)C4(c5ccccc5-c5ccccc54)c4ccccc4-6)c4ccc5c(c43)-c3ccccc3C53c4ccccc4-c4ccccc43)cc2)cc1. The van der Waals surface area contributed by atoms with Crippen molar-refractivity contribution in [3.8, 4) is 83.6 Å². The average molecular weight is 1380 g/mol. The van der Waals surface area contributed by atoms with Gasteiger partial charge in [-0.3, -0.25) is 0 Å². The molecule has 2 aliphatic heterocycles. The highest BCUT2D eigenvalue weighted by molar-refractivity contribution is 7.00. The lowest BCUT2D eigenvalue weighted by molar-refractivity contribution is 0.790. The molecule has 8 aliphatic rings. The van der Waals surface area contributed by atoms with E-state index in [4.69, 9.17) is 0 Å². The Bertz CT molecular complexity index is 6950. The average Bonchev–Trinajstić information content (AvgIpc) is 1.55. The Labute approximate surface area is 631 Å². The van der Waals surface area contributed by atoms with Crippen molar-refractivity contribution in [3.63, 3.8) is 0 Å². The van der Waals surface area contributed by atoms with Gasteiger partial charge in [0.2, 0.25) is 0 Å². The van der Waals surface area contributed by atoms with Crippen molar-refractivity contribution >= 4 is 79.0 Å². The van der Waals surface area contributed by atoms with Gasteiger partial charge in [0.15, 0.2) is 0 Å². The van der Waals surface area contributed by atoms with Gasteiger partial charge in [0, 0.05) is 50.3 Å². The van der Waals surface area contributed by atoms with Crippen LogP contribution >= 0.6 is 0 Å². The van der Waals surface area contributed by atoms with E-state index in [2.05, 4.69) is 390 Å². The first-order chi connectivity index (χ1) is 54.1. The molecule has 3 spiro atoms. The van der Waals surface area contributed by atoms with E-state index in [0.29, 0.717) is 0 Å². The van der Waals surface area contributed by atoms with Crippen LogP contribution in [0.25, 0.3) is 105 Å². The molecule has 0 bridgehead atoms. The normalized spacial score (nSPS) is 15.0. The van der Waals surface area contributed by atoms with Crippen molar-refractivity contribution in [3.05, 3.63) is 443 Å². The van der Waals surface area contributed by atoms with Crippen LogP contribution in [0.1, 0.15) is 66.8 Å². The minimum absolute atomic E-state index is 0.288.